The van der Waals surface area contributed by atoms with E-state index >= 15 is 0 Å². The molecular weight excluding hydrogens is 338 g/mol. The van der Waals surface area contributed by atoms with Gasteiger partial charge in [0, 0.05) is 17.6 Å². The Bertz CT molecular complexity index is 521. The molecular formula is C15H18BrNO4. The first kappa shape index (κ1) is 16.0. The van der Waals surface area contributed by atoms with Crippen molar-refractivity contribution in [1.29, 1.82) is 0 Å². The van der Waals surface area contributed by atoms with Gasteiger partial charge in [-0.25, -0.2) is 0 Å². The molecule has 1 aliphatic rings. The molecule has 1 saturated heterocycles. The summed E-state index contributed by atoms with van der Waals surface area (Å²) in [5.41, 5.74) is -0.0614. The molecule has 0 saturated carbocycles. The summed E-state index contributed by atoms with van der Waals surface area (Å²) in [6.45, 7) is 0.866. The van der Waals surface area contributed by atoms with Gasteiger partial charge in [0.25, 0.3) is 0 Å². The smallest absolute Gasteiger partial charge is 0.315 e. The number of nitrogens with zero attached hydrogens (tertiary/aromatic N) is 1. The maximum atomic E-state index is 11.9. The van der Waals surface area contributed by atoms with Gasteiger partial charge in [0.05, 0.1) is 12.7 Å². The van der Waals surface area contributed by atoms with Gasteiger partial charge in [-0.1, -0.05) is 28.1 Å². The molecule has 0 aromatic heterocycles. The van der Waals surface area contributed by atoms with Crippen molar-refractivity contribution in [1.82, 2.24) is 4.90 Å². The minimum Gasteiger partial charge on any atom is -0.469 e. The van der Waals surface area contributed by atoms with Crippen molar-refractivity contribution in [3.05, 3.63) is 34.3 Å². The maximum absolute atomic E-state index is 11.9. The zero-order valence-corrected chi connectivity index (χ0v) is 13.4. The number of benzene rings is 1. The molecule has 0 bridgehead atoms. The second-order valence-corrected chi connectivity index (χ2v) is 6.09. The summed E-state index contributed by atoms with van der Waals surface area (Å²) in [6, 6.07) is 7.55. The van der Waals surface area contributed by atoms with Crippen LogP contribution in [0.25, 0.3) is 0 Å². The van der Waals surface area contributed by atoms with E-state index in [2.05, 4.69) is 20.7 Å². The molecule has 0 spiro atoms. The first-order chi connectivity index (χ1) is 9.94. The molecule has 6 heteroatoms. The number of hydrogen-bond acceptors (Lipinski definition) is 4. The van der Waals surface area contributed by atoms with Crippen LogP contribution in [-0.2, 0) is 19.9 Å². The lowest BCUT2D eigenvalue weighted by Gasteiger charge is -2.38. The quantitative estimate of drug-likeness (QED) is 0.663. The molecule has 5 nitrogen and oxygen atoms in total. The summed E-state index contributed by atoms with van der Waals surface area (Å²) in [5.74, 6) is -0.784. The number of aliphatic hydroxyl groups is 1. The predicted molar refractivity (Wildman–Crippen MR) is 80.5 cm³/mol. The number of carbonyl (C=O) groups is 2. The van der Waals surface area contributed by atoms with Crippen LogP contribution < -0.4 is 0 Å². The molecule has 0 radical (unpaired) electrons. The van der Waals surface area contributed by atoms with E-state index < -0.39 is 11.6 Å². The Kier molecular flexibility index (Phi) is 5.00. The largest absolute Gasteiger partial charge is 0.469 e. The van der Waals surface area contributed by atoms with E-state index in [9.17, 15) is 14.7 Å². The number of ether oxygens (including phenoxy) is 1. The highest BCUT2D eigenvalue weighted by molar-refractivity contribution is 9.10. The highest BCUT2D eigenvalue weighted by Gasteiger charge is 2.35. The topological polar surface area (TPSA) is 66.8 Å². The van der Waals surface area contributed by atoms with Crippen LogP contribution in [-0.4, -0.2) is 42.1 Å². The van der Waals surface area contributed by atoms with E-state index in [1.54, 1.807) is 4.90 Å². The van der Waals surface area contributed by atoms with Gasteiger partial charge in [0.15, 0.2) is 0 Å². The molecule has 1 aliphatic heterocycles. The lowest BCUT2D eigenvalue weighted by Crippen LogP contribution is -2.45. The molecule has 114 valence electrons. The Morgan fingerprint density at radius 2 is 1.86 bits per heavy atom. The first-order valence-corrected chi connectivity index (χ1v) is 7.57. The number of piperidine rings is 1. The third kappa shape index (κ3) is 3.83. The minimum absolute atomic E-state index is 0.243. The number of likely N-dealkylation sites (tertiary alicyclic amines) is 1. The molecule has 0 atom stereocenters. The first-order valence-electron chi connectivity index (χ1n) is 6.77. The Morgan fingerprint density at radius 3 is 2.38 bits per heavy atom. The average molecular weight is 356 g/mol. The minimum atomic E-state index is -0.914. The molecule has 1 aromatic rings. The van der Waals surface area contributed by atoms with Gasteiger partial charge in [0.2, 0.25) is 5.91 Å². The number of esters is 1. The van der Waals surface area contributed by atoms with Crippen LogP contribution in [0.4, 0.5) is 0 Å². The molecule has 1 heterocycles. The number of rotatable bonds is 3. The molecule has 2 rings (SSSR count). The summed E-state index contributed by atoms with van der Waals surface area (Å²) in [4.78, 5) is 24.6. The monoisotopic (exact) mass is 355 g/mol. The van der Waals surface area contributed by atoms with Gasteiger partial charge in [-0.05, 0) is 30.5 Å². The standard InChI is InChI=1S/C15H18BrNO4/c1-21-14(19)10-13(18)17-8-6-15(20,7-9-17)11-2-4-12(16)5-3-11/h2-5,20H,6-10H2,1H3. The summed E-state index contributed by atoms with van der Waals surface area (Å²) < 4.78 is 5.45. The fraction of sp³-hybridized carbons (Fsp3) is 0.467. The second-order valence-electron chi connectivity index (χ2n) is 5.17. The molecule has 1 amide bonds. The highest BCUT2D eigenvalue weighted by atomic mass is 79.9. The fourth-order valence-electron chi connectivity index (χ4n) is 2.48. The Hall–Kier alpha value is -1.40. The van der Waals surface area contributed by atoms with Gasteiger partial charge in [-0.3, -0.25) is 9.59 Å². The molecule has 0 aliphatic carbocycles. The van der Waals surface area contributed by atoms with Crippen LogP contribution in [0.15, 0.2) is 28.7 Å². The van der Waals surface area contributed by atoms with Crippen LogP contribution in [0, 0.1) is 0 Å². The van der Waals surface area contributed by atoms with Crippen LogP contribution in [0.2, 0.25) is 0 Å². The Morgan fingerprint density at radius 1 is 1.29 bits per heavy atom. The van der Waals surface area contributed by atoms with Crippen molar-refractivity contribution >= 4 is 27.8 Å². The fourth-order valence-corrected chi connectivity index (χ4v) is 2.75. The van der Waals surface area contributed by atoms with Gasteiger partial charge in [-0.2, -0.15) is 0 Å². The van der Waals surface area contributed by atoms with E-state index in [0.717, 1.165) is 10.0 Å². The lowest BCUT2D eigenvalue weighted by molar-refractivity contribution is -0.148. The van der Waals surface area contributed by atoms with Crippen molar-refractivity contribution in [3.63, 3.8) is 0 Å². The number of halogens is 1. The zero-order chi connectivity index (χ0) is 15.5. The second kappa shape index (κ2) is 6.58. The molecule has 1 aromatic carbocycles. The van der Waals surface area contributed by atoms with Crippen molar-refractivity contribution in [2.24, 2.45) is 0 Å². The van der Waals surface area contributed by atoms with E-state index in [1.165, 1.54) is 7.11 Å². The van der Waals surface area contributed by atoms with Gasteiger partial charge in [-0.15, -0.1) is 0 Å². The van der Waals surface area contributed by atoms with Gasteiger partial charge in [0.1, 0.15) is 6.42 Å². The van der Waals surface area contributed by atoms with Gasteiger partial charge >= 0.3 is 5.97 Å². The maximum Gasteiger partial charge on any atom is 0.315 e. The van der Waals surface area contributed by atoms with E-state index in [-0.39, 0.29) is 12.3 Å². The van der Waals surface area contributed by atoms with Crippen molar-refractivity contribution in [2.75, 3.05) is 20.2 Å². The molecule has 0 unspecified atom stereocenters. The van der Waals surface area contributed by atoms with Crippen LogP contribution in [0.1, 0.15) is 24.8 Å². The van der Waals surface area contributed by atoms with Crippen LogP contribution >= 0.6 is 15.9 Å². The molecule has 1 fully saturated rings. The number of hydrogen-bond donors (Lipinski definition) is 1. The molecule has 21 heavy (non-hydrogen) atoms. The van der Waals surface area contributed by atoms with Crippen molar-refractivity contribution < 1.29 is 19.4 Å². The lowest BCUT2D eigenvalue weighted by atomic mass is 9.84. The third-order valence-electron chi connectivity index (χ3n) is 3.85. The van der Waals surface area contributed by atoms with E-state index in [4.69, 9.17) is 0 Å². The SMILES string of the molecule is COC(=O)CC(=O)N1CCC(O)(c2ccc(Br)cc2)CC1. The van der Waals surface area contributed by atoms with Gasteiger partial charge < -0.3 is 14.7 Å². The number of carbonyl (C=O) groups excluding carboxylic acids is 2. The molecule has 1 N–H and O–H groups in total. The summed E-state index contributed by atoms with van der Waals surface area (Å²) >= 11 is 3.37. The zero-order valence-electron chi connectivity index (χ0n) is 11.8. The summed E-state index contributed by atoms with van der Waals surface area (Å²) in [6.07, 6.45) is 0.677. The van der Waals surface area contributed by atoms with E-state index in [1.807, 2.05) is 24.3 Å². The number of methoxy groups -OCH3 is 1. The van der Waals surface area contributed by atoms with Crippen molar-refractivity contribution in [3.8, 4) is 0 Å². The van der Waals surface area contributed by atoms with Crippen molar-refractivity contribution in [2.45, 2.75) is 24.9 Å². The van der Waals surface area contributed by atoms with E-state index in [0.29, 0.717) is 25.9 Å². The summed E-state index contributed by atoms with van der Waals surface area (Å²) in [5, 5.41) is 10.7. The predicted octanol–water partition coefficient (Wildman–Crippen LogP) is 1.82. The average Bonchev–Trinajstić information content (AvgIpc) is 2.48. The Labute approximate surface area is 132 Å². The van der Waals surface area contributed by atoms with Crippen LogP contribution in [0.3, 0.4) is 0 Å². The highest BCUT2D eigenvalue weighted by Crippen LogP contribution is 2.33. The number of amides is 1. The van der Waals surface area contributed by atoms with Crippen LogP contribution in [0.5, 0.6) is 0 Å². The normalized spacial score (nSPS) is 17.4. The summed E-state index contributed by atoms with van der Waals surface area (Å²) in [7, 11) is 1.26. The Balaban J connectivity index is 1.97. The third-order valence-corrected chi connectivity index (χ3v) is 4.38.